The van der Waals surface area contributed by atoms with Crippen LogP contribution >= 0.6 is 12.6 Å². The number of phenolic OH excluding ortho intramolecular Hbond substituents is 2. The average Bonchev–Trinajstić information content (AvgIpc) is 3.04. The third-order valence-corrected chi connectivity index (χ3v) is 5.03. The second kappa shape index (κ2) is 7.20. The number of hydrogen-bond acceptors (Lipinski definition) is 5. The van der Waals surface area contributed by atoms with Crippen LogP contribution in [0.4, 0.5) is 0 Å². The number of hydrogen-bond donors (Lipinski definition) is 3. The Morgan fingerprint density at radius 1 is 1.00 bits per heavy atom. The number of thiol groups is 1. The van der Waals surface area contributed by atoms with E-state index in [1.165, 1.54) is 6.07 Å². The highest BCUT2D eigenvalue weighted by molar-refractivity contribution is 7.80. The van der Waals surface area contributed by atoms with Gasteiger partial charge in [0.15, 0.2) is 0 Å². The summed E-state index contributed by atoms with van der Waals surface area (Å²) >= 11 is 4.52. The Bertz CT molecular complexity index is 1160. The second-order valence-electron chi connectivity index (χ2n) is 7.27. The maximum atomic E-state index is 10.5. The summed E-state index contributed by atoms with van der Waals surface area (Å²) in [5, 5.41) is 31.7. The Hall–Kier alpha value is -2.99. The highest BCUT2D eigenvalue weighted by Crippen LogP contribution is 2.37. The molecule has 0 amide bonds. The van der Waals surface area contributed by atoms with E-state index in [0.29, 0.717) is 28.7 Å². The van der Waals surface area contributed by atoms with Crippen LogP contribution < -0.4 is 0 Å². The van der Waals surface area contributed by atoms with E-state index in [1.807, 2.05) is 42.5 Å². The SMILES string of the molecule is CC(C)Cc1cc(-n2nnc(S)c2-c2cccc3ccccc23)c(O)cc1O. The van der Waals surface area contributed by atoms with Gasteiger partial charge in [-0.15, -0.1) is 17.7 Å². The molecule has 4 aromatic rings. The van der Waals surface area contributed by atoms with Gasteiger partial charge in [-0.3, -0.25) is 0 Å². The van der Waals surface area contributed by atoms with Crippen LogP contribution in [0.5, 0.6) is 11.5 Å². The monoisotopic (exact) mass is 391 g/mol. The Balaban J connectivity index is 1.95. The molecule has 0 saturated heterocycles. The first-order valence-electron chi connectivity index (χ1n) is 9.13. The predicted molar refractivity (Wildman–Crippen MR) is 113 cm³/mol. The molecule has 4 rings (SSSR count). The van der Waals surface area contributed by atoms with Gasteiger partial charge in [-0.05, 0) is 34.7 Å². The molecule has 0 aliphatic heterocycles. The van der Waals surface area contributed by atoms with Crippen molar-refractivity contribution in [3.8, 4) is 28.4 Å². The van der Waals surface area contributed by atoms with Crippen molar-refractivity contribution in [2.24, 2.45) is 5.92 Å². The summed E-state index contributed by atoms with van der Waals surface area (Å²) in [4.78, 5) is 0. The fourth-order valence-electron chi connectivity index (χ4n) is 3.49. The van der Waals surface area contributed by atoms with E-state index in [0.717, 1.165) is 21.9 Å². The van der Waals surface area contributed by atoms with E-state index in [1.54, 1.807) is 10.7 Å². The lowest BCUT2D eigenvalue weighted by Gasteiger charge is -2.14. The average molecular weight is 391 g/mol. The fraction of sp³-hybridized carbons (Fsp3) is 0.182. The van der Waals surface area contributed by atoms with Crippen LogP contribution in [0.25, 0.3) is 27.7 Å². The minimum Gasteiger partial charge on any atom is -0.508 e. The van der Waals surface area contributed by atoms with Gasteiger partial charge in [-0.1, -0.05) is 61.5 Å². The van der Waals surface area contributed by atoms with Crippen molar-refractivity contribution in [1.82, 2.24) is 15.0 Å². The van der Waals surface area contributed by atoms with Crippen LogP contribution in [0.1, 0.15) is 19.4 Å². The molecule has 5 nitrogen and oxygen atoms in total. The molecule has 0 aliphatic carbocycles. The first-order valence-corrected chi connectivity index (χ1v) is 9.58. The van der Waals surface area contributed by atoms with Crippen LogP contribution in [-0.2, 0) is 6.42 Å². The van der Waals surface area contributed by atoms with E-state index in [4.69, 9.17) is 0 Å². The van der Waals surface area contributed by atoms with E-state index in [9.17, 15) is 10.2 Å². The van der Waals surface area contributed by atoms with Crippen molar-refractivity contribution in [2.75, 3.05) is 0 Å². The number of aromatic nitrogens is 3. The molecule has 0 atom stereocenters. The first-order chi connectivity index (χ1) is 13.5. The number of nitrogens with zero attached hydrogens (tertiary/aromatic N) is 3. The van der Waals surface area contributed by atoms with Crippen LogP contribution in [0.2, 0.25) is 0 Å². The van der Waals surface area contributed by atoms with Crippen molar-refractivity contribution in [3.63, 3.8) is 0 Å². The molecule has 0 bridgehead atoms. The van der Waals surface area contributed by atoms with E-state index < -0.39 is 0 Å². The van der Waals surface area contributed by atoms with E-state index in [2.05, 4.69) is 36.8 Å². The Morgan fingerprint density at radius 2 is 1.75 bits per heavy atom. The Kier molecular flexibility index (Phi) is 4.73. The summed E-state index contributed by atoms with van der Waals surface area (Å²) in [6, 6.07) is 17.2. The summed E-state index contributed by atoms with van der Waals surface area (Å²) < 4.78 is 1.59. The maximum Gasteiger partial charge on any atom is 0.145 e. The van der Waals surface area contributed by atoms with Crippen molar-refractivity contribution >= 4 is 23.4 Å². The van der Waals surface area contributed by atoms with Crippen molar-refractivity contribution < 1.29 is 10.2 Å². The van der Waals surface area contributed by atoms with Crippen molar-refractivity contribution in [3.05, 3.63) is 60.2 Å². The third kappa shape index (κ3) is 3.20. The molecule has 142 valence electrons. The predicted octanol–water partition coefficient (Wildman–Crippen LogP) is 4.99. The number of benzene rings is 3. The van der Waals surface area contributed by atoms with Gasteiger partial charge >= 0.3 is 0 Å². The molecular weight excluding hydrogens is 370 g/mol. The van der Waals surface area contributed by atoms with Gasteiger partial charge in [-0.2, -0.15) is 0 Å². The summed E-state index contributed by atoms with van der Waals surface area (Å²) in [5.41, 5.74) is 2.83. The zero-order valence-corrected chi connectivity index (χ0v) is 16.6. The molecule has 2 N–H and O–H groups in total. The van der Waals surface area contributed by atoms with Crippen LogP contribution in [0, 0.1) is 5.92 Å². The highest BCUT2D eigenvalue weighted by atomic mass is 32.1. The van der Waals surface area contributed by atoms with Crippen molar-refractivity contribution in [2.45, 2.75) is 25.3 Å². The summed E-state index contributed by atoms with van der Waals surface area (Å²) in [7, 11) is 0. The lowest BCUT2D eigenvalue weighted by Crippen LogP contribution is -2.03. The van der Waals surface area contributed by atoms with Crippen LogP contribution in [0.3, 0.4) is 0 Å². The Morgan fingerprint density at radius 3 is 2.54 bits per heavy atom. The molecule has 6 heteroatoms. The largest absolute Gasteiger partial charge is 0.508 e. The van der Waals surface area contributed by atoms with E-state index in [-0.39, 0.29) is 11.5 Å². The van der Waals surface area contributed by atoms with Gasteiger partial charge in [0.25, 0.3) is 0 Å². The normalized spacial score (nSPS) is 11.4. The number of aromatic hydroxyl groups is 2. The molecule has 28 heavy (non-hydrogen) atoms. The lowest BCUT2D eigenvalue weighted by molar-refractivity contribution is 0.439. The molecule has 0 saturated carbocycles. The molecule has 0 spiro atoms. The number of phenols is 2. The summed E-state index contributed by atoms with van der Waals surface area (Å²) in [5.74, 6) is 0.370. The van der Waals surface area contributed by atoms with Gasteiger partial charge in [0, 0.05) is 11.6 Å². The summed E-state index contributed by atoms with van der Waals surface area (Å²) in [6.45, 7) is 4.16. The smallest absolute Gasteiger partial charge is 0.145 e. The molecule has 0 fully saturated rings. The molecular formula is C22H21N3O2S. The number of fused-ring (bicyclic) bond motifs is 1. The van der Waals surface area contributed by atoms with Crippen LogP contribution in [0.15, 0.2) is 59.6 Å². The lowest BCUT2D eigenvalue weighted by atomic mass is 10.0. The van der Waals surface area contributed by atoms with Crippen molar-refractivity contribution in [1.29, 1.82) is 0 Å². The van der Waals surface area contributed by atoms with Gasteiger partial charge in [0.1, 0.15) is 27.9 Å². The molecule has 3 aromatic carbocycles. The van der Waals surface area contributed by atoms with Gasteiger partial charge in [0.2, 0.25) is 0 Å². The Labute approximate surface area is 168 Å². The molecule has 1 heterocycles. The van der Waals surface area contributed by atoms with E-state index >= 15 is 0 Å². The highest BCUT2D eigenvalue weighted by Gasteiger charge is 2.20. The topological polar surface area (TPSA) is 71.2 Å². The van der Waals surface area contributed by atoms with Crippen LogP contribution in [-0.4, -0.2) is 25.2 Å². The molecule has 1 aromatic heterocycles. The van der Waals surface area contributed by atoms with Gasteiger partial charge in [-0.25, -0.2) is 4.68 Å². The second-order valence-corrected chi connectivity index (χ2v) is 7.69. The molecule has 0 radical (unpaired) electrons. The zero-order valence-electron chi connectivity index (χ0n) is 15.7. The maximum absolute atomic E-state index is 10.5. The third-order valence-electron chi connectivity index (χ3n) is 4.73. The van der Waals surface area contributed by atoms with Gasteiger partial charge < -0.3 is 10.2 Å². The number of rotatable bonds is 4. The molecule has 0 aliphatic rings. The molecule has 0 unspecified atom stereocenters. The van der Waals surface area contributed by atoms with Gasteiger partial charge in [0.05, 0.1) is 0 Å². The minimum atomic E-state index is -0.0651. The first kappa shape index (κ1) is 18.4. The fourth-order valence-corrected chi connectivity index (χ4v) is 3.75. The summed E-state index contributed by atoms with van der Waals surface area (Å²) in [6.07, 6.45) is 0.686. The minimum absolute atomic E-state index is 0.0651. The quantitative estimate of drug-likeness (QED) is 0.429. The standard InChI is InChI=1S/C22H21N3O2S/c1-13(2)10-15-11-18(20(27)12-19(15)26)25-21(22(28)23-24-25)17-9-5-7-14-6-3-4-8-16(14)17/h3-9,11-13,26-28H,10H2,1-2H3. The zero-order chi connectivity index (χ0) is 19.8.